The molecule has 0 saturated carbocycles. The van der Waals surface area contributed by atoms with Crippen molar-refractivity contribution >= 4 is 5.97 Å². The lowest BCUT2D eigenvalue weighted by Gasteiger charge is -2.11. The average molecular weight is 199 g/mol. The van der Waals surface area contributed by atoms with Crippen LogP contribution in [0.25, 0.3) is 0 Å². The van der Waals surface area contributed by atoms with Gasteiger partial charge in [0.25, 0.3) is 0 Å². The number of rotatable bonds is 4. The lowest BCUT2D eigenvalue weighted by Crippen LogP contribution is -2.26. The van der Waals surface area contributed by atoms with Gasteiger partial charge in [-0.2, -0.15) is 4.80 Å². The summed E-state index contributed by atoms with van der Waals surface area (Å²) in [6, 6.07) is 0. The van der Waals surface area contributed by atoms with E-state index >= 15 is 0 Å². The van der Waals surface area contributed by atoms with Crippen LogP contribution in [0.3, 0.4) is 0 Å². The number of aromatic nitrogens is 4. The number of methoxy groups -OCH3 is 1. The maximum atomic E-state index is 10.9. The minimum absolute atomic E-state index is 0.217. The quantitative estimate of drug-likeness (QED) is 0.568. The summed E-state index contributed by atoms with van der Waals surface area (Å²) in [6.45, 7) is 0.692. The molecule has 14 heavy (non-hydrogen) atoms. The molecule has 1 rings (SSSR count). The fourth-order valence-corrected chi connectivity index (χ4v) is 0.969. The van der Waals surface area contributed by atoms with E-state index in [2.05, 4.69) is 20.1 Å². The van der Waals surface area contributed by atoms with Crippen molar-refractivity contribution in [2.24, 2.45) is 7.05 Å². The van der Waals surface area contributed by atoms with Crippen molar-refractivity contribution in [1.29, 1.82) is 0 Å². The van der Waals surface area contributed by atoms with Crippen LogP contribution in [0.1, 0.15) is 5.82 Å². The van der Waals surface area contributed by atoms with E-state index in [1.165, 1.54) is 11.9 Å². The van der Waals surface area contributed by atoms with Crippen LogP contribution >= 0.6 is 0 Å². The average Bonchev–Trinajstić information content (AvgIpc) is 2.50. The van der Waals surface area contributed by atoms with Crippen LogP contribution in [0.2, 0.25) is 0 Å². The maximum absolute atomic E-state index is 10.9. The molecule has 0 amide bonds. The summed E-state index contributed by atoms with van der Waals surface area (Å²) >= 11 is 0. The molecule has 0 fully saturated rings. The van der Waals surface area contributed by atoms with E-state index in [1.807, 2.05) is 0 Å². The van der Waals surface area contributed by atoms with Gasteiger partial charge in [-0.3, -0.25) is 9.69 Å². The van der Waals surface area contributed by atoms with Crippen molar-refractivity contribution in [2.75, 3.05) is 20.7 Å². The number of nitrogens with zero attached hydrogens (tertiary/aromatic N) is 5. The summed E-state index contributed by atoms with van der Waals surface area (Å²) in [7, 11) is 4.83. The Morgan fingerprint density at radius 2 is 2.36 bits per heavy atom. The van der Waals surface area contributed by atoms with E-state index in [4.69, 9.17) is 0 Å². The van der Waals surface area contributed by atoms with E-state index < -0.39 is 0 Å². The third-order valence-electron chi connectivity index (χ3n) is 1.59. The minimum atomic E-state index is -0.281. The molecule has 7 heteroatoms. The van der Waals surface area contributed by atoms with Gasteiger partial charge in [0, 0.05) is 0 Å². The van der Waals surface area contributed by atoms with E-state index in [-0.39, 0.29) is 12.5 Å². The van der Waals surface area contributed by atoms with Crippen molar-refractivity contribution in [3.8, 4) is 0 Å². The number of esters is 1. The molecular formula is C7H13N5O2. The Morgan fingerprint density at radius 1 is 1.64 bits per heavy atom. The lowest BCUT2D eigenvalue weighted by molar-refractivity contribution is -0.141. The summed E-state index contributed by atoms with van der Waals surface area (Å²) in [5, 5.41) is 11.5. The Morgan fingerprint density at radius 3 is 2.86 bits per heavy atom. The molecule has 0 spiro atoms. The fraction of sp³-hybridized carbons (Fsp3) is 0.714. The number of carbonyl (C=O) groups excluding carboxylic acids is 1. The van der Waals surface area contributed by atoms with Crippen molar-refractivity contribution in [3.05, 3.63) is 5.82 Å². The molecule has 0 unspecified atom stereocenters. The second-order valence-electron chi connectivity index (χ2n) is 2.94. The summed E-state index contributed by atoms with van der Waals surface area (Å²) in [5.41, 5.74) is 0. The van der Waals surface area contributed by atoms with Crippen molar-refractivity contribution in [1.82, 2.24) is 25.1 Å². The van der Waals surface area contributed by atoms with Crippen LogP contribution in [-0.2, 0) is 23.1 Å². The highest BCUT2D eigenvalue weighted by Gasteiger charge is 2.09. The van der Waals surface area contributed by atoms with Gasteiger partial charge in [0.05, 0.1) is 27.2 Å². The van der Waals surface area contributed by atoms with Gasteiger partial charge in [-0.15, -0.1) is 10.2 Å². The Labute approximate surface area is 81.6 Å². The first-order chi connectivity index (χ1) is 6.61. The SMILES string of the molecule is COC(=O)CN(C)Cc1nnn(C)n1. The molecular weight excluding hydrogens is 186 g/mol. The minimum Gasteiger partial charge on any atom is -0.468 e. The van der Waals surface area contributed by atoms with Crippen molar-refractivity contribution in [2.45, 2.75) is 6.54 Å². The molecule has 78 valence electrons. The van der Waals surface area contributed by atoms with Gasteiger partial charge in [-0.05, 0) is 12.3 Å². The summed E-state index contributed by atoms with van der Waals surface area (Å²) in [5.74, 6) is 0.301. The Bertz CT molecular complexity index is 311. The number of tetrazole rings is 1. The first-order valence-electron chi connectivity index (χ1n) is 4.10. The molecule has 0 aliphatic rings. The number of carbonyl (C=O) groups is 1. The van der Waals surface area contributed by atoms with Gasteiger partial charge in [-0.1, -0.05) is 0 Å². The molecule has 0 atom stereocenters. The van der Waals surface area contributed by atoms with Gasteiger partial charge < -0.3 is 4.74 Å². The fourth-order valence-electron chi connectivity index (χ4n) is 0.969. The molecule has 0 aromatic carbocycles. The molecule has 0 aliphatic heterocycles. The molecule has 0 bridgehead atoms. The van der Waals surface area contributed by atoms with Crippen LogP contribution < -0.4 is 0 Å². The predicted octanol–water partition coefficient (Wildman–Crippen LogP) is -1.19. The normalized spacial score (nSPS) is 10.6. The van der Waals surface area contributed by atoms with E-state index in [1.54, 1.807) is 19.0 Å². The molecule has 1 aromatic rings. The smallest absolute Gasteiger partial charge is 0.319 e. The molecule has 1 aromatic heterocycles. The third kappa shape index (κ3) is 3.09. The Balaban J connectivity index is 2.41. The van der Waals surface area contributed by atoms with Crippen LogP contribution in [-0.4, -0.2) is 51.8 Å². The van der Waals surface area contributed by atoms with E-state index in [9.17, 15) is 4.79 Å². The molecule has 0 radical (unpaired) electrons. The van der Waals surface area contributed by atoms with Gasteiger partial charge in [-0.25, -0.2) is 0 Å². The molecule has 1 heterocycles. The molecule has 7 nitrogen and oxygen atoms in total. The highest BCUT2D eigenvalue weighted by atomic mass is 16.5. The number of aryl methyl sites for hydroxylation is 1. The molecule has 0 saturated heterocycles. The maximum Gasteiger partial charge on any atom is 0.319 e. The van der Waals surface area contributed by atoms with Gasteiger partial charge in [0.2, 0.25) is 0 Å². The summed E-state index contributed by atoms with van der Waals surface area (Å²) < 4.78 is 4.52. The molecule has 0 N–H and O–H groups in total. The van der Waals surface area contributed by atoms with Crippen LogP contribution in [0.4, 0.5) is 0 Å². The third-order valence-corrected chi connectivity index (χ3v) is 1.59. The second kappa shape index (κ2) is 4.66. The van der Waals surface area contributed by atoms with E-state index in [0.29, 0.717) is 12.4 Å². The largest absolute Gasteiger partial charge is 0.468 e. The zero-order chi connectivity index (χ0) is 10.6. The monoisotopic (exact) mass is 199 g/mol. The van der Waals surface area contributed by atoms with Crippen LogP contribution in [0.5, 0.6) is 0 Å². The Hall–Kier alpha value is -1.50. The summed E-state index contributed by atoms with van der Waals surface area (Å²) in [4.78, 5) is 14.0. The Kier molecular flexibility index (Phi) is 3.52. The van der Waals surface area contributed by atoms with Gasteiger partial charge >= 0.3 is 5.97 Å². The number of hydrogen-bond donors (Lipinski definition) is 0. The van der Waals surface area contributed by atoms with Gasteiger partial charge in [0.15, 0.2) is 5.82 Å². The van der Waals surface area contributed by atoms with Crippen molar-refractivity contribution < 1.29 is 9.53 Å². The van der Waals surface area contributed by atoms with Gasteiger partial charge in [0.1, 0.15) is 0 Å². The van der Waals surface area contributed by atoms with E-state index in [0.717, 1.165) is 0 Å². The topological polar surface area (TPSA) is 73.1 Å². The standard InChI is InChI=1S/C7H13N5O2/c1-11(5-7(13)14-3)4-6-8-10-12(2)9-6/h4-5H2,1-3H3. The lowest BCUT2D eigenvalue weighted by atomic mass is 10.5. The highest BCUT2D eigenvalue weighted by Crippen LogP contribution is 1.93. The highest BCUT2D eigenvalue weighted by molar-refractivity contribution is 5.71. The predicted molar refractivity (Wildman–Crippen MR) is 47.1 cm³/mol. The second-order valence-corrected chi connectivity index (χ2v) is 2.94. The van der Waals surface area contributed by atoms with Crippen LogP contribution in [0, 0.1) is 0 Å². The summed E-state index contributed by atoms with van der Waals surface area (Å²) in [6.07, 6.45) is 0. The number of ether oxygens (including phenoxy) is 1. The zero-order valence-electron chi connectivity index (χ0n) is 8.47. The first-order valence-corrected chi connectivity index (χ1v) is 4.10. The zero-order valence-corrected chi connectivity index (χ0v) is 8.47. The van der Waals surface area contributed by atoms with Crippen LogP contribution in [0.15, 0.2) is 0 Å². The van der Waals surface area contributed by atoms with Crippen molar-refractivity contribution in [3.63, 3.8) is 0 Å². The first kappa shape index (κ1) is 10.6. The number of hydrogen-bond acceptors (Lipinski definition) is 6. The number of likely N-dealkylation sites (N-methyl/N-ethyl adjacent to an activating group) is 1. The molecule has 0 aliphatic carbocycles.